The summed E-state index contributed by atoms with van der Waals surface area (Å²) in [4.78, 5) is 14.3. The molecule has 2 amide bonds. The number of fused-ring (bicyclic) bond motifs is 1. The number of rotatable bonds is 4. The lowest BCUT2D eigenvalue weighted by Crippen LogP contribution is -2.30. The molecule has 0 aliphatic carbocycles. The van der Waals surface area contributed by atoms with E-state index in [1.54, 1.807) is 11.0 Å². The van der Waals surface area contributed by atoms with Gasteiger partial charge < -0.3 is 10.2 Å². The third-order valence-electron chi connectivity index (χ3n) is 5.96. The molecular weight excluding hydrogens is 491 g/mol. The first kappa shape index (κ1) is 25.6. The van der Waals surface area contributed by atoms with Gasteiger partial charge in [-0.3, -0.25) is 4.72 Å². The van der Waals surface area contributed by atoms with Gasteiger partial charge in [0, 0.05) is 24.5 Å². The molecule has 0 radical (unpaired) electrons. The van der Waals surface area contributed by atoms with Crippen molar-refractivity contribution in [2.24, 2.45) is 0 Å². The zero-order valence-electron chi connectivity index (χ0n) is 20.0. The predicted octanol–water partition coefficient (Wildman–Crippen LogP) is 6.35. The van der Waals surface area contributed by atoms with Crippen molar-refractivity contribution in [3.05, 3.63) is 89.0 Å². The minimum absolute atomic E-state index is 0.00143. The summed E-state index contributed by atoms with van der Waals surface area (Å²) in [6.07, 6.45) is -4.51. The van der Waals surface area contributed by atoms with Gasteiger partial charge in [-0.05, 0) is 70.6 Å². The average molecular weight is 518 g/mol. The number of carbonyl (C=O) groups excluding carboxylic acids is 1. The van der Waals surface area contributed by atoms with E-state index < -0.39 is 21.8 Å². The number of halogens is 3. The molecule has 10 heteroatoms. The van der Waals surface area contributed by atoms with Crippen molar-refractivity contribution in [1.82, 2.24) is 4.90 Å². The van der Waals surface area contributed by atoms with Crippen LogP contribution in [0.15, 0.2) is 71.6 Å². The Morgan fingerprint density at radius 1 is 0.806 bits per heavy atom. The number of hydrogen-bond donors (Lipinski definition) is 2. The Bertz CT molecular complexity index is 1380. The lowest BCUT2D eigenvalue weighted by atomic mass is 9.87. The fourth-order valence-corrected chi connectivity index (χ4v) is 4.99. The van der Waals surface area contributed by atoms with Gasteiger partial charge in [0.15, 0.2) is 0 Å². The van der Waals surface area contributed by atoms with Crippen LogP contribution in [-0.4, -0.2) is 19.3 Å². The summed E-state index contributed by atoms with van der Waals surface area (Å²) in [5.74, 6) is 0. The Balaban J connectivity index is 1.43. The Morgan fingerprint density at radius 3 is 1.94 bits per heavy atom. The van der Waals surface area contributed by atoms with E-state index in [2.05, 4.69) is 30.8 Å². The Hall–Kier alpha value is -3.53. The summed E-state index contributed by atoms with van der Waals surface area (Å²) in [6.45, 7) is 6.87. The first-order chi connectivity index (χ1) is 16.7. The number of nitrogens with one attached hydrogen (secondary N) is 2. The number of urea groups is 1. The average Bonchev–Trinajstić information content (AvgIpc) is 3.22. The van der Waals surface area contributed by atoms with Gasteiger partial charge in [-0.25, -0.2) is 13.2 Å². The van der Waals surface area contributed by atoms with Crippen LogP contribution in [-0.2, 0) is 34.7 Å². The summed E-state index contributed by atoms with van der Waals surface area (Å²) in [5, 5.41) is 2.87. The molecule has 1 aliphatic rings. The van der Waals surface area contributed by atoms with Crippen molar-refractivity contribution < 1.29 is 26.4 Å². The zero-order chi connectivity index (χ0) is 26.3. The van der Waals surface area contributed by atoms with Gasteiger partial charge in [0.25, 0.3) is 10.0 Å². The summed E-state index contributed by atoms with van der Waals surface area (Å²) < 4.78 is 66.2. The third-order valence-corrected chi connectivity index (χ3v) is 7.34. The van der Waals surface area contributed by atoms with Crippen molar-refractivity contribution in [2.75, 3.05) is 10.0 Å². The van der Waals surface area contributed by atoms with Crippen molar-refractivity contribution in [3.8, 4) is 0 Å². The van der Waals surface area contributed by atoms with E-state index in [1.807, 2.05) is 24.3 Å². The van der Waals surface area contributed by atoms with Crippen molar-refractivity contribution in [3.63, 3.8) is 0 Å². The Labute approximate surface area is 208 Å². The lowest BCUT2D eigenvalue weighted by molar-refractivity contribution is -0.137. The quantitative estimate of drug-likeness (QED) is 0.423. The van der Waals surface area contributed by atoms with Gasteiger partial charge in [-0.2, -0.15) is 13.2 Å². The van der Waals surface area contributed by atoms with E-state index in [0.717, 1.165) is 35.4 Å². The Morgan fingerprint density at radius 2 is 1.36 bits per heavy atom. The molecule has 0 fully saturated rings. The second kappa shape index (κ2) is 9.16. The van der Waals surface area contributed by atoms with Crippen molar-refractivity contribution in [1.29, 1.82) is 0 Å². The molecule has 36 heavy (non-hydrogen) atoms. The van der Waals surface area contributed by atoms with E-state index in [4.69, 9.17) is 0 Å². The van der Waals surface area contributed by atoms with Crippen LogP contribution < -0.4 is 10.0 Å². The highest BCUT2D eigenvalue weighted by molar-refractivity contribution is 7.92. The highest BCUT2D eigenvalue weighted by atomic mass is 32.2. The minimum Gasteiger partial charge on any atom is -0.316 e. The molecule has 1 heterocycles. The van der Waals surface area contributed by atoms with Crippen LogP contribution >= 0.6 is 0 Å². The molecule has 0 spiro atoms. The number of hydrogen-bond acceptors (Lipinski definition) is 3. The second-order valence-electron chi connectivity index (χ2n) is 9.72. The molecular formula is C26H26F3N3O3S. The van der Waals surface area contributed by atoms with E-state index in [9.17, 15) is 26.4 Å². The monoisotopic (exact) mass is 517 g/mol. The molecule has 0 unspecified atom stereocenters. The SMILES string of the molecule is CC(C)(C)c1ccc(NC(=O)N2Cc3ccc(S(=O)(=O)Nc4ccc(C(F)(F)F)cc4)cc3C2)cc1. The normalized spacial score (nSPS) is 13.9. The lowest BCUT2D eigenvalue weighted by Gasteiger charge is -2.20. The maximum absolute atomic E-state index is 12.8. The number of carbonyl (C=O) groups is 1. The molecule has 6 nitrogen and oxygen atoms in total. The molecule has 0 atom stereocenters. The van der Waals surface area contributed by atoms with E-state index in [-0.39, 0.29) is 28.6 Å². The molecule has 0 saturated heterocycles. The van der Waals surface area contributed by atoms with Crippen LogP contribution in [0.25, 0.3) is 0 Å². The van der Waals surface area contributed by atoms with E-state index in [0.29, 0.717) is 17.8 Å². The molecule has 0 bridgehead atoms. The molecule has 3 aromatic rings. The first-order valence-corrected chi connectivity index (χ1v) is 12.7. The van der Waals surface area contributed by atoms with Crippen molar-refractivity contribution in [2.45, 2.75) is 50.3 Å². The van der Waals surface area contributed by atoms with Crippen LogP contribution in [0, 0.1) is 0 Å². The number of alkyl halides is 3. The largest absolute Gasteiger partial charge is 0.416 e. The first-order valence-electron chi connectivity index (χ1n) is 11.2. The molecule has 3 aromatic carbocycles. The molecule has 0 aromatic heterocycles. The molecule has 0 saturated carbocycles. The van der Waals surface area contributed by atoms with Gasteiger partial charge in [0.2, 0.25) is 0 Å². The standard InChI is InChI=1S/C26H26F3N3O3S/c1-25(2,3)19-5-9-21(10-6-19)30-24(33)32-15-17-4-13-23(14-18(17)16-32)36(34,35)31-22-11-7-20(8-12-22)26(27,28)29/h4-14,31H,15-16H2,1-3H3,(H,30,33). The number of amides is 2. The summed E-state index contributed by atoms with van der Waals surface area (Å²) in [6, 6.07) is 15.6. The highest BCUT2D eigenvalue weighted by Crippen LogP contribution is 2.31. The second-order valence-corrected chi connectivity index (χ2v) is 11.4. The topological polar surface area (TPSA) is 78.5 Å². The number of nitrogens with zero attached hydrogens (tertiary/aromatic N) is 1. The van der Waals surface area contributed by atoms with Crippen LogP contribution in [0.2, 0.25) is 0 Å². The van der Waals surface area contributed by atoms with Crippen molar-refractivity contribution >= 4 is 27.4 Å². The zero-order valence-corrected chi connectivity index (χ0v) is 20.8. The number of sulfonamides is 1. The predicted molar refractivity (Wildman–Crippen MR) is 132 cm³/mol. The van der Waals surface area contributed by atoms with Gasteiger partial charge in [0.1, 0.15) is 0 Å². The smallest absolute Gasteiger partial charge is 0.316 e. The van der Waals surface area contributed by atoms with Crippen LogP contribution in [0.4, 0.5) is 29.3 Å². The van der Waals surface area contributed by atoms with Crippen LogP contribution in [0.5, 0.6) is 0 Å². The fourth-order valence-electron chi connectivity index (χ4n) is 3.88. The van der Waals surface area contributed by atoms with Gasteiger partial charge in [0.05, 0.1) is 10.5 Å². The van der Waals surface area contributed by atoms with E-state index in [1.165, 1.54) is 12.1 Å². The number of anilines is 2. The molecule has 4 rings (SSSR count). The highest BCUT2D eigenvalue weighted by Gasteiger charge is 2.30. The third kappa shape index (κ3) is 5.64. The fraction of sp³-hybridized carbons (Fsp3) is 0.269. The van der Waals surface area contributed by atoms with E-state index >= 15 is 0 Å². The van der Waals surface area contributed by atoms with Crippen LogP contribution in [0.1, 0.15) is 43.0 Å². The van der Waals surface area contributed by atoms with Gasteiger partial charge in [-0.15, -0.1) is 0 Å². The molecule has 2 N–H and O–H groups in total. The summed E-state index contributed by atoms with van der Waals surface area (Å²) in [5.41, 5.74) is 2.46. The van der Waals surface area contributed by atoms with Gasteiger partial charge >= 0.3 is 12.2 Å². The maximum Gasteiger partial charge on any atom is 0.416 e. The maximum atomic E-state index is 12.8. The van der Waals surface area contributed by atoms with Gasteiger partial charge in [-0.1, -0.05) is 39.0 Å². The summed E-state index contributed by atoms with van der Waals surface area (Å²) >= 11 is 0. The summed E-state index contributed by atoms with van der Waals surface area (Å²) in [7, 11) is -4.04. The molecule has 1 aliphatic heterocycles. The van der Waals surface area contributed by atoms with Crippen LogP contribution in [0.3, 0.4) is 0 Å². The number of benzene rings is 3. The molecule has 190 valence electrons. The minimum atomic E-state index is -4.51. The Kier molecular flexibility index (Phi) is 6.51.